The Morgan fingerprint density at radius 3 is 1.93 bits per heavy atom. The maximum atomic E-state index is 4.46. The second-order valence-corrected chi connectivity index (χ2v) is 11.5. The van der Waals surface area contributed by atoms with Gasteiger partial charge in [-0.05, 0) is 89.5 Å². The Labute approximate surface area is 236 Å². The third kappa shape index (κ3) is 3.58. The van der Waals surface area contributed by atoms with Crippen LogP contribution in [0.4, 0.5) is 0 Å². The average Bonchev–Trinajstić information content (AvgIpc) is 3.22. The molecule has 7 aromatic rings. The van der Waals surface area contributed by atoms with Crippen LogP contribution in [0.3, 0.4) is 0 Å². The number of hydrogen-bond acceptors (Lipinski definition) is 1. The highest BCUT2D eigenvalue weighted by Gasteiger charge is 2.35. The van der Waals surface area contributed by atoms with Crippen molar-refractivity contribution in [3.8, 4) is 33.4 Å². The van der Waals surface area contributed by atoms with Gasteiger partial charge in [-0.25, -0.2) is 0 Å². The molecule has 0 N–H and O–H groups in total. The Morgan fingerprint density at radius 1 is 0.550 bits per heavy atom. The molecule has 6 aromatic carbocycles. The highest BCUT2D eigenvalue weighted by molar-refractivity contribution is 6.28. The molecule has 0 saturated heterocycles. The van der Waals surface area contributed by atoms with Gasteiger partial charge in [0.1, 0.15) is 0 Å². The largest absolute Gasteiger partial charge is 0.264 e. The predicted molar refractivity (Wildman–Crippen MR) is 172 cm³/mol. The van der Waals surface area contributed by atoms with E-state index in [1.165, 1.54) is 77.7 Å². The molecule has 40 heavy (non-hydrogen) atoms. The zero-order valence-corrected chi connectivity index (χ0v) is 23.6. The highest BCUT2D eigenvalue weighted by atomic mass is 14.6. The van der Waals surface area contributed by atoms with Crippen LogP contribution in [-0.4, -0.2) is 4.98 Å². The molecule has 0 unspecified atom stereocenters. The summed E-state index contributed by atoms with van der Waals surface area (Å²) in [7, 11) is 0. The van der Waals surface area contributed by atoms with E-state index in [4.69, 9.17) is 0 Å². The Balaban J connectivity index is 0.000000846. The lowest BCUT2D eigenvalue weighted by molar-refractivity contribution is 0.660. The first-order valence-corrected chi connectivity index (χ1v) is 14.4. The molecule has 1 aromatic heterocycles. The van der Waals surface area contributed by atoms with E-state index in [9.17, 15) is 0 Å². The molecule has 8 rings (SSSR count). The lowest BCUT2D eigenvalue weighted by atomic mass is 9.80. The van der Waals surface area contributed by atoms with Gasteiger partial charge in [0.2, 0.25) is 0 Å². The highest BCUT2D eigenvalue weighted by Crippen LogP contribution is 2.50. The van der Waals surface area contributed by atoms with Gasteiger partial charge in [0.25, 0.3) is 0 Å². The summed E-state index contributed by atoms with van der Waals surface area (Å²) >= 11 is 0. The molecule has 1 aliphatic carbocycles. The normalized spacial score (nSPS) is 13.3. The van der Waals surface area contributed by atoms with E-state index in [-0.39, 0.29) is 5.41 Å². The molecule has 0 atom stereocenters. The van der Waals surface area contributed by atoms with Gasteiger partial charge in [-0.1, -0.05) is 119 Å². The van der Waals surface area contributed by atoms with Crippen LogP contribution in [-0.2, 0) is 5.41 Å². The molecule has 0 saturated carbocycles. The quantitative estimate of drug-likeness (QED) is 0.209. The molecular weight excluding hydrogens is 482 g/mol. The van der Waals surface area contributed by atoms with Crippen LogP contribution in [0.2, 0.25) is 0 Å². The minimum atomic E-state index is -0.0299. The van der Waals surface area contributed by atoms with E-state index >= 15 is 0 Å². The zero-order valence-electron chi connectivity index (χ0n) is 23.6. The summed E-state index contributed by atoms with van der Waals surface area (Å²) in [6.45, 7) is 8.96. The summed E-state index contributed by atoms with van der Waals surface area (Å²) in [4.78, 5) is 4.46. The Bertz CT molecular complexity index is 2000. The van der Waals surface area contributed by atoms with Crippen LogP contribution in [0, 0.1) is 0 Å². The van der Waals surface area contributed by atoms with Crippen LogP contribution in [0.5, 0.6) is 0 Å². The van der Waals surface area contributed by atoms with E-state index in [0.717, 1.165) is 5.56 Å². The third-order valence-electron chi connectivity index (χ3n) is 8.51. The molecule has 0 aliphatic heterocycles. The number of aromatic nitrogens is 1. The molecule has 0 bridgehead atoms. The van der Waals surface area contributed by atoms with Crippen molar-refractivity contribution < 1.29 is 0 Å². The average molecular weight is 516 g/mol. The van der Waals surface area contributed by atoms with Gasteiger partial charge in [-0.2, -0.15) is 0 Å². The number of pyridine rings is 1. The predicted octanol–water partition coefficient (Wildman–Crippen LogP) is 11.0. The van der Waals surface area contributed by atoms with Crippen molar-refractivity contribution in [3.05, 3.63) is 127 Å². The van der Waals surface area contributed by atoms with Gasteiger partial charge < -0.3 is 0 Å². The fourth-order valence-electron chi connectivity index (χ4n) is 6.70. The van der Waals surface area contributed by atoms with Crippen LogP contribution in [0.1, 0.15) is 45.2 Å². The summed E-state index contributed by atoms with van der Waals surface area (Å²) in [6.07, 6.45) is 5.08. The van der Waals surface area contributed by atoms with Gasteiger partial charge in [0, 0.05) is 23.4 Å². The first kappa shape index (κ1) is 24.5. The molecular formula is C39H33N. The molecule has 0 spiro atoms. The number of nitrogens with zero attached hydrogens (tertiary/aromatic N) is 1. The number of fused-ring (bicyclic) bond motifs is 3. The van der Waals surface area contributed by atoms with Crippen molar-refractivity contribution in [3.63, 3.8) is 0 Å². The van der Waals surface area contributed by atoms with Crippen molar-refractivity contribution in [1.29, 1.82) is 0 Å². The zero-order chi connectivity index (χ0) is 27.4. The van der Waals surface area contributed by atoms with Crippen molar-refractivity contribution in [2.24, 2.45) is 0 Å². The topological polar surface area (TPSA) is 12.9 Å². The summed E-state index contributed by atoms with van der Waals surface area (Å²) in [5, 5.41) is 7.85. The summed E-state index contributed by atoms with van der Waals surface area (Å²) in [6, 6.07) is 38.3. The third-order valence-corrected chi connectivity index (χ3v) is 8.51. The molecule has 1 aliphatic rings. The fraction of sp³-hybridized carbons (Fsp3) is 0.154. The number of benzene rings is 6. The van der Waals surface area contributed by atoms with Crippen molar-refractivity contribution in [1.82, 2.24) is 4.98 Å². The maximum absolute atomic E-state index is 4.46. The smallest absolute Gasteiger partial charge is 0.0346 e. The lowest BCUT2D eigenvalue weighted by Crippen LogP contribution is -2.14. The first-order valence-electron chi connectivity index (χ1n) is 14.4. The molecule has 0 radical (unpaired) electrons. The van der Waals surface area contributed by atoms with Crippen molar-refractivity contribution >= 4 is 32.3 Å². The van der Waals surface area contributed by atoms with Crippen LogP contribution >= 0.6 is 0 Å². The Kier molecular flexibility index (Phi) is 5.71. The van der Waals surface area contributed by atoms with E-state index in [1.807, 2.05) is 18.5 Å². The standard InChI is InChI=1S/C36H25N.C3H8/c1-36(2)32-11-4-3-10-26(32)27-15-14-24(19-33(27)36)30-20-31(25-9-6-18-37-21-25)29-17-13-23-8-5-7-22-12-16-28(30)35(29)34(22)23;1-3-2/h3-21H,1-2H3;3H2,1-2H3. The molecule has 0 fully saturated rings. The van der Waals surface area contributed by atoms with Crippen LogP contribution in [0.25, 0.3) is 65.7 Å². The number of rotatable bonds is 2. The summed E-state index contributed by atoms with van der Waals surface area (Å²) < 4.78 is 0. The summed E-state index contributed by atoms with van der Waals surface area (Å²) in [5.41, 5.74) is 10.4. The second kappa shape index (κ2) is 9.31. The van der Waals surface area contributed by atoms with Crippen molar-refractivity contribution in [2.45, 2.75) is 39.5 Å². The van der Waals surface area contributed by atoms with Gasteiger partial charge in [-0.15, -0.1) is 0 Å². The van der Waals surface area contributed by atoms with Crippen LogP contribution < -0.4 is 0 Å². The van der Waals surface area contributed by atoms with E-state index in [1.54, 1.807) is 0 Å². The SMILES string of the molecule is CC1(C)c2ccccc2-c2ccc(-c3cc(-c4cccnc4)c4ccc5cccc6ccc3c4c56)cc21.CCC. The fourth-order valence-corrected chi connectivity index (χ4v) is 6.70. The van der Waals surface area contributed by atoms with Gasteiger partial charge in [0.15, 0.2) is 0 Å². The van der Waals surface area contributed by atoms with Crippen molar-refractivity contribution in [2.75, 3.05) is 0 Å². The van der Waals surface area contributed by atoms with Crippen LogP contribution in [0.15, 0.2) is 116 Å². The molecule has 194 valence electrons. The summed E-state index contributed by atoms with van der Waals surface area (Å²) in [5.74, 6) is 0. The molecule has 1 heterocycles. The lowest BCUT2D eigenvalue weighted by Gasteiger charge is -2.23. The first-order chi connectivity index (χ1) is 19.5. The van der Waals surface area contributed by atoms with E-state index in [0.29, 0.717) is 0 Å². The second-order valence-electron chi connectivity index (χ2n) is 11.5. The molecule has 1 nitrogen and oxygen atoms in total. The van der Waals surface area contributed by atoms with E-state index in [2.05, 4.69) is 130 Å². The van der Waals surface area contributed by atoms with Gasteiger partial charge in [-0.3, -0.25) is 4.98 Å². The minimum Gasteiger partial charge on any atom is -0.264 e. The Hall–Kier alpha value is -4.49. The maximum Gasteiger partial charge on any atom is 0.0346 e. The molecule has 0 amide bonds. The van der Waals surface area contributed by atoms with E-state index < -0.39 is 0 Å². The van der Waals surface area contributed by atoms with Gasteiger partial charge in [0.05, 0.1) is 0 Å². The minimum absolute atomic E-state index is 0.0299. The molecule has 1 heteroatoms. The monoisotopic (exact) mass is 515 g/mol. The number of hydrogen-bond donors (Lipinski definition) is 0. The van der Waals surface area contributed by atoms with Gasteiger partial charge >= 0.3 is 0 Å². The Morgan fingerprint density at radius 2 is 1.23 bits per heavy atom.